The van der Waals surface area contributed by atoms with Crippen molar-refractivity contribution in [1.29, 1.82) is 0 Å². The van der Waals surface area contributed by atoms with Crippen LogP contribution in [0.2, 0.25) is 0 Å². The van der Waals surface area contributed by atoms with E-state index in [1.807, 2.05) is 0 Å². The number of sulfone groups is 1. The molecule has 216 valence electrons. The average molecular weight is 555 g/mol. The second-order valence-electron chi connectivity index (χ2n) is 10.8. The van der Waals surface area contributed by atoms with E-state index in [1.54, 1.807) is 24.3 Å². The smallest absolute Gasteiger partial charge is 0.178 e. The topological polar surface area (TPSA) is 43.4 Å². The molecule has 0 radical (unpaired) electrons. The van der Waals surface area contributed by atoms with Crippen LogP contribution in [0.25, 0.3) is 0 Å². The summed E-state index contributed by atoms with van der Waals surface area (Å²) in [5, 5.41) is 0. The molecule has 0 bridgehead atoms. The molecule has 1 rings (SSSR count). The molecule has 0 aliphatic rings. The molecule has 0 atom stereocenters. The largest absolute Gasteiger partial charge is 0.494 e. The first-order valence-electron chi connectivity index (χ1n) is 15.7. The van der Waals surface area contributed by atoms with E-state index in [2.05, 4.69) is 19.6 Å². The molecular weight excluding hydrogens is 496 g/mol. The number of unbranched alkanes of at least 4 members (excludes halogenated alkanes) is 20. The Morgan fingerprint density at radius 3 is 1.38 bits per heavy atom. The molecule has 0 aliphatic heterocycles. The fourth-order valence-corrected chi connectivity index (χ4v) is 6.41. The van der Waals surface area contributed by atoms with Gasteiger partial charge in [0.15, 0.2) is 9.84 Å². The van der Waals surface area contributed by atoms with Crippen LogP contribution in [-0.2, 0) is 9.84 Å². The number of thiol groups is 1. The number of ether oxygens (including phenoxy) is 1. The van der Waals surface area contributed by atoms with Gasteiger partial charge in [0.25, 0.3) is 0 Å². The predicted octanol–water partition coefficient (Wildman–Crippen LogP) is 10.4. The predicted molar refractivity (Wildman–Crippen MR) is 165 cm³/mol. The van der Waals surface area contributed by atoms with Gasteiger partial charge < -0.3 is 4.74 Å². The van der Waals surface area contributed by atoms with Crippen molar-refractivity contribution in [3.8, 4) is 5.75 Å². The Morgan fingerprint density at radius 1 is 0.568 bits per heavy atom. The summed E-state index contributed by atoms with van der Waals surface area (Å²) in [6.45, 7) is 2.93. The summed E-state index contributed by atoms with van der Waals surface area (Å²) < 4.78 is 30.8. The average Bonchev–Trinajstić information content (AvgIpc) is 2.90. The van der Waals surface area contributed by atoms with E-state index in [4.69, 9.17) is 4.74 Å². The Bertz CT molecular complexity index is 716. The SMILES string of the molecule is CCCCCCCCCCCCCCCCCCCCCCS(=O)(=O)c1ccc(OCCCCS)cc1. The highest BCUT2D eigenvalue weighted by Gasteiger charge is 2.14. The van der Waals surface area contributed by atoms with Crippen molar-refractivity contribution in [2.75, 3.05) is 18.1 Å². The van der Waals surface area contributed by atoms with Crippen LogP contribution in [0.15, 0.2) is 29.2 Å². The molecule has 0 saturated heterocycles. The van der Waals surface area contributed by atoms with Gasteiger partial charge in [-0.1, -0.05) is 129 Å². The number of rotatable bonds is 27. The Hall–Kier alpha value is -0.680. The summed E-state index contributed by atoms with van der Waals surface area (Å²) in [6.07, 6.45) is 28.6. The van der Waals surface area contributed by atoms with Crippen LogP contribution in [0.5, 0.6) is 5.75 Å². The highest BCUT2D eigenvalue weighted by atomic mass is 32.2. The molecule has 0 heterocycles. The van der Waals surface area contributed by atoms with Crippen molar-refractivity contribution in [3.63, 3.8) is 0 Å². The molecule has 0 spiro atoms. The molecular formula is C32H58O3S2. The quantitative estimate of drug-likeness (QED) is 0.0868. The third kappa shape index (κ3) is 20.0. The number of hydrogen-bond donors (Lipinski definition) is 1. The minimum absolute atomic E-state index is 0.244. The van der Waals surface area contributed by atoms with E-state index in [0.717, 1.165) is 43.6 Å². The van der Waals surface area contributed by atoms with Crippen LogP contribution in [0, 0.1) is 0 Å². The van der Waals surface area contributed by atoms with Crippen molar-refractivity contribution in [1.82, 2.24) is 0 Å². The van der Waals surface area contributed by atoms with Gasteiger partial charge in [-0.15, -0.1) is 0 Å². The standard InChI is InChI=1S/C32H58O3S2/c1-2-3-4-5-6-7-8-9-10-11-12-13-14-15-16-17-18-19-20-23-30-37(33,34)32-26-24-31(25-27-32)35-28-21-22-29-36/h24-27,36H,2-23,28-30H2,1H3. The second-order valence-corrected chi connectivity index (χ2v) is 13.3. The van der Waals surface area contributed by atoms with Gasteiger partial charge in [-0.3, -0.25) is 0 Å². The van der Waals surface area contributed by atoms with Gasteiger partial charge >= 0.3 is 0 Å². The Morgan fingerprint density at radius 2 is 0.973 bits per heavy atom. The van der Waals surface area contributed by atoms with Crippen LogP contribution in [0.1, 0.15) is 148 Å². The minimum Gasteiger partial charge on any atom is -0.494 e. The minimum atomic E-state index is -3.20. The van der Waals surface area contributed by atoms with Crippen LogP contribution in [-0.4, -0.2) is 26.5 Å². The van der Waals surface area contributed by atoms with Crippen LogP contribution in [0.3, 0.4) is 0 Å². The van der Waals surface area contributed by atoms with Gasteiger partial charge in [-0.05, 0) is 49.3 Å². The molecule has 3 nitrogen and oxygen atoms in total. The van der Waals surface area contributed by atoms with Gasteiger partial charge in [0.1, 0.15) is 5.75 Å². The van der Waals surface area contributed by atoms with Crippen molar-refractivity contribution >= 4 is 22.5 Å². The van der Waals surface area contributed by atoms with Crippen LogP contribution in [0.4, 0.5) is 0 Å². The highest BCUT2D eigenvalue weighted by Crippen LogP contribution is 2.19. The molecule has 0 aliphatic carbocycles. The molecule has 0 saturated carbocycles. The summed E-state index contributed by atoms with van der Waals surface area (Å²) in [5.74, 6) is 1.84. The molecule has 0 aromatic heterocycles. The van der Waals surface area contributed by atoms with Crippen molar-refractivity contribution < 1.29 is 13.2 Å². The van der Waals surface area contributed by atoms with Crippen molar-refractivity contribution in [3.05, 3.63) is 24.3 Å². The first-order chi connectivity index (χ1) is 18.1. The molecule has 5 heteroatoms. The lowest BCUT2D eigenvalue weighted by molar-refractivity contribution is 0.309. The molecule has 0 fully saturated rings. The van der Waals surface area contributed by atoms with E-state index < -0.39 is 9.84 Å². The maximum atomic E-state index is 12.6. The van der Waals surface area contributed by atoms with Gasteiger partial charge in [0.05, 0.1) is 17.3 Å². The molecule has 1 aromatic carbocycles. The monoisotopic (exact) mass is 554 g/mol. The zero-order chi connectivity index (χ0) is 26.9. The van der Waals surface area contributed by atoms with E-state index in [9.17, 15) is 8.42 Å². The molecule has 0 N–H and O–H groups in total. The summed E-state index contributed by atoms with van der Waals surface area (Å²) in [7, 11) is -3.20. The van der Waals surface area contributed by atoms with E-state index >= 15 is 0 Å². The number of benzene rings is 1. The van der Waals surface area contributed by atoms with E-state index in [-0.39, 0.29) is 5.75 Å². The Balaban J connectivity index is 1.90. The maximum Gasteiger partial charge on any atom is 0.178 e. The molecule has 0 unspecified atom stereocenters. The third-order valence-corrected chi connectivity index (χ3v) is 9.40. The Kier molecular flexibility index (Phi) is 22.6. The van der Waals surface area contributed by atoms with Crippen LogP contribution >= 0.6 is 12.6 Å². The van der Waals surface area contributed by atoms with Gasteiger partial charge in [-0.2, -0.15) is 12.6 Å². The third-order valence-electron chi connectivity index (χ3n) is 7.27. The normalized spacial score (nSPS) is 11.7. The maximum absolute atomic E-state index is 12.6. The fraction of sp³-hybridized carbons (Fsp3) is 0.812. The summed E-state index contributed by atoms with van der Waals surface area (Å²) >= 11 is 4.19. The zero-order valence-corrected chi connectivity index (χ0v) is 25.8. The lowest BCUT2D eigenvalue weighted by atomic mass is 10.0. The first-order valence-corrected chi connectivity index (χ1v) is 17.9. The molecule has 37 heavy (non-hydrogen) atoms. The second kappa shape index (κ2) is 24.4. The Labute approximate surface area is 236 Å². The molecule has 1 aromatic rings. The first kappa shape index (κ1) is 34.3. The summed E-state index contributed by atoms with van der Waals surface area (Å²) in [4.78, 5) is 0.410. The van der Waals surface area contributed by atoms with E-state index in [0.29, 0.717) is 11.5 Å². The van der Waals surface area contributed by atoms with Crippen molar-refractivity contribution in [2.24, 2.45) is 0 Å². The van der Waals surface area contributed by atoms with Gasteiger partial charge in [0, 0.05) is 0 Å². The fourth-order valence-electron chi connectivity index (χ4n) is 4.81. The van der Waals surface area contributed by atoms with Crippen LogP contribution < -0.4 is 4.74 Å². The van der Waals surface area contributed by atoms with Gasteiger partial charge in [0.2, 0.25) is 0 Å². The van der Waals surface area contributed by atoms with Gasteiger partial charge in [-0.25, -0.2) is 8.42 Å². The summed E-state index contributed by atoms with van der Waals surface area (Å²) in [5.41, 5.74) is 0. The summed E-state index contributed by atoms with van der Waals surface area (Å²) in [6, 6.07) is 6.90. The highest BCUT2D eigenvalue weighted by molar-refractivity contribution is 7.91. The molecule has 0 amide bonds. The van der Waals surface area contributed by atoms with E-state index in [1.165, 1.54) is 109 Å². The lowest BCUT2D eigenvalue weighted by Gasteiger charge is -2.08. The van der Waals surface area contributed by atoms with Crippen molar-refractivity contribution in [2.45, 2.75) is 153 Å². The zero-order valence-electron chi connectivity index (χ0n) is 24.1. The number of hydrogen-bond acceptors (Lipinski definition) is 4. The lowest BCUT2D eigenvalue weighted by Crippen LogP contribution is -2.07.